The lowest BCUT2D eigenvalue weighted by atomic mass is 10.3. The third kappa shape index (κ3) is 1.59. The number of rotatable bonds is 2. The van der Waals surface area contributed by atoms with Gasteiger partial charge in [-0.3, -0.25) is 0 Å². The average Bonchev–Trinajstić information content (AvgIpc) is 2.04. The second-order valence-electron chi connectivity index (χ2n) is 1.89. The number of alkyl halides is 1. The largest absolute Gasteiger partial charge is 0.373 e. The highest BCUT2D eigenvalue weighted by Crippen LogP contribution is 2.13. The summed E-state index contributed by atoms with van der Waals surface area (Å²) < 4.78 is 1.00. The third-order valence-corrected chi connectivity index (χ3v) is 2.09. The first-order valence-corrected chi connectivity index (χ1v) is 4.58. The molecule has 0 aliphatic rings. The molecule has 0 unspecified atom stereocenters. The van der Waals surface area contributed by atoms with Gasteiger partial charge >= 0.3 is 0 Å². The quantitative estimate of drug-likeness (QED) is 0.640. The monoisotopic (exact) mass is 248 g/mol. The van der Waals surface area contributed by atoms with Crippen molar-refractivity contribution in [1.82, 2.24) is 4.98 Å². The van der Waals surface area contributed by atoms with E-state index in [1.54, 1.807) is 6.20 Å². The number of nitrogens with zero attached hydrogens (tertiary/aromatic N) is 1. The van der Waals surface area contributed by atoms with Crippen LogP contribution in [0.4, 0.5) is 5.82 Å². The molecule has 0 amide bonds. The van der Waals surface area contributed by atoms with E-state index in [9.17, 15) is 0 Å². The summed E-state index contributed by atoms with van der Waals surface area (Å²) in [4.78, 5) is 4.15. The number of anilines is 1. The van der Waals surface area contributed by atoms with Crippen LogP contribution in [-0.4, -0.2) is 12.0 Å². The first-order chi connectivity index (χ1) is 4.88. The van der Waals surface area contributed by atoms with Gasteiger partial charge in [-0.15, -0.1) is 0 Å². The van der Waals surface area contributed by atoms with Crippen molar-refractivity contribution in [2.45, 2.75) is 4.43 Å². The van der Waals surface area contributed by atoms with Crippen LogP contribution >= 0.6 is 22.6 Å². The Morgan fingerprint density at radius 1 is 1.70 bits per heavy atom. The fourth-order valence-electron chi connectivity index (χ4n) is 0.772. The fraction of sp³-hybridized carbons (Fsp3) is 0.286. The van der Waals surface area contributed by atoms with E-state index in [4.69, 9.17) is 0 Å². The molecule has 0 saturated heterocycles. The predicted molar refractivity (Wildman–Crippen MR) is 51.5 cm³/mol. The summed E-state index contributed by atoms with van der Waals surface area (Å²) in [5.74, 6) is 0.983. The molecule has 0 radical (unpaired) electrons. The van der Waals surface area contributed by atoms with Crippen molar-refractivity contribution in [1.29, 1.82) is 0 Å². The number of nitrogens with one attached hydrogen (secondary N) is 1. The highest BCUT2D eigenvalue weighted by molar-refractivity contribution is 14.1. The van der Waals surface area contributed by atoms with Crippen molar-refractivity contribution >= 4 is 28.4 Å². The third-order valence-electron chi connectivity index (χ3n) is 1.27. The van der Waals surface area contributed by atoms with E-state index >= 15 is 0 Å². The minimum atomic E-state index is 0.983. The van der Waals surface area contributed by atoms with Gasteiger partial charge in [-0.25, -0.2) is 4.98 Å². The molecular weight excluding hydrogens is 239 g/mol. The summed E-state index contributed by atoms with van der Waals surface area (Å²) in [6.07, 6.45) is 1.79. The van der Waals surface area contributed by atoms with Crippen LogP contribution in [0.25, 0.3) is 0 Å². The van der Waals surface area contributed by atoms with Crippen LogP contribution in [0.5, 0.6) is 0 Å². The van der Waals surface area contributed by atoms with Crippen molar-refractivity contribution in [2.24, 2.45) is 0 Å². The van der Waals surface area contributed by atoms with Gasteiger partial charge in [-0.05, 0) is 6.07 Å². The van der Waals surface area contributed by atoms with E-state index in [-0.39, 0.29) is 0 Å². The highest BCUT2D eigenvalue weighted by atomic mass is 127. The SMILES string of the molecule is CNc1ncccc1CI. The Hall–Kier alpha value is -0.320. The second kappa shape index (κ2) is 3.75. The van der Waals surface area contributed by atoms with Gasteiger partial charge in [0, 0.05) is 23.2 Å². The molecule has 0 aliphatic heterocycles. The Morgan fingerprint density at radius 3 is 3.00 bits per heavy atom. The Balaban J connectivity index is 2.96. The summed E-state index contributed by atoms with van der Waals surface area (Å²) in [5, 5.41) is 3.03. The predicted octanol–water partition coefficient (Wildman–Crippen LogP) is 2.06. The molecule has 54 valence electrons. The van der Waals surface area contributed by atoms with E-state index in [1.807, 2.05) is 13.1 Å². The Kier molecular flexibility index (Phi) is 2.92. The van der Waals surface area contributed by atoms with E-state index in [0.717, 1.165) is 10.2 Å². The van der Waals surface area contributed by atoms with Crippen LogP contribution in [0.1, 0.15) is 5.56 Å². The van der Waals surface area contributed by atoms with Gasteiger partial charge < -0.3 is 5.32 Å². The summed E-state index contributed by atoms with van der Waals surface area (Å²) in [6, 6.07) is 4.03. The maximum absolute atomic E-state index is 4.15. The number of hydrogen-bond acceptors (Lipinski definition) is 2. The molecule has 1 N–H and O–H groups in total. The summed E-state index contributed by atoms with van der Waals surface area (Å²) in [5.41, 5.74) is 1.26. The lowest BCUT2D eigenvalue weighted by Gasteiger charge is -2.02. The molecule has 0 spiro atoms. The molecule has 1 aromatic heterocycles. The van der Waals surface area contributed by atoms with Crippen LogP contribution in [-0.2, 0) is 4.43 Å². The smallest absolute Gasteiger partial charge is 0.129 e. The van der Waals surface area contributed by atoms with E-state index in [2.05, 4.69) is 39.0 Å². The van der Waals surface area contributed by atoms with E-state index in [1.165, 1.54) is 5.56 Å². The van der Waals surface area contributed by atoms with Gasteiger partial charge in [-0.1, -0.05) is 28.7 Å². The first kappa shape index (κ1) is 7.78. The first-order valence-electron chi connectivity index (χ1n) is 3.06. The van der Waals surface area contributed by atoms with Crippen molar-refractivity contribution in [3.8, 4) is 0 Å². The molecule has 0 atom stereocenters. The van der Waals surface area contributed by atoms with Gasteiger partial charge in [-0.2, -0.15) is 0 Å². The molecule has 0 aliphatic carbocycles. The van der Waals surface area contributed by atoms with Gasteiger partial charge in [0.05, 0.1) is 0 Å². The maximum atomic E-state index is 4.15. The lowest BCUT2D eigenvalue weighted by Crippen LogP contribution is -1.95. The molecule has 0 saturated carbocycles. The van der Waals surface area contributed by atoms with Crippen LogP contribution < -0.4 is 5.32 Å². The standard InChI is InChI=1S/C7H9IN2/c1-9-7-6(5-8)3-2-4-10-7/h2-4H,5H2,1H3,(H,9,10). The molecule has 0 aromatic carbocycles. The topological polar surface area (TPSA) is 24.9 Å². The van der Waals surface area contributed by atoms with Gasteiger partial charge in [0.25, 0.3) is 0 Å². The van der Waals surface area contributed by atoms with Crippen molar-refractivity contribution < 1.29 is 0 Å². The zero-order valence-electron chi connectivity index (χ0n) is 5.76. The molecule has 1 rings (SSSR count). The van der Waals surface area contributed by atoms with E-state index < -0.39 is 0 Å². The molecule has 10 heavy (non-hydrogen) atoms. The minimum Gasteiger partial charge on any atom is -0.373 e. The Morgan fingerprint density at radius 2 is 2.50 bits per heavy atom. The van der Waals surface area contributed by atoms with Crippen LogP contribution in [0.3, 0.4) is 0 Å². The maximum Gasteiger partial charge on any atom is 0.129 e. The van der Waals surface area contributed by atoms with E-state index in [0.29, 0.717) is 0 Å². The fourth-order valence-corrected chi connectivity index (χ4v) is 1.39. The normalized spacial score (nSPS) is 9.40. The van der Waals surface area contributed by atoms with Crippen LogP contribution in [0.15, 0.2) is 18.3 Å². The number of hydrogen-bond donors (Lipinski definition) is 1. The lowest BCUT2D eigenvalue weighted by molar-refractivity contribution is 1.23. The van der Waals surface area contributed by atoms with Gasteiger partial charge in [0.1, 0.15) is 5.82 Å². The molecule has 0 bridgehead atoms. The summed E-state index contributed by atoms with van der Waals surface area (Å²) >= 11 is 2.32. The van der Waals surface area contributed by atoms with Crippen molar-refractivity contribution in [2.75, 3.05) is 12.4 Å². The van der Waals surface area contributed by atoms with Crippen molar-refractivity contribution in [3.63, 3.8) is 0 Å². The summed E-state index contributed by atoms with van der Waals surface area (Å²) in [7, 11) is 1.89. The molecule has 3 heteroatoms. The second-order valence-corrected chi connectivity index (χ2v) is 2.66. The molecule has 1 heterocycles. The average molecular weight is 248 g/mol. The Labute approximate surface area is 74.2 Å². The molecule has 0 fully saturated rings. The molecule has 2 nitrogen and oxygen atoms in total. The number of halogens is 1. The van der Waals surface area contributed by atoms with Gasteiger partial charge in [0.15, 0.2) is 0 Å². The zero-order chi connectivity index (χ0) is 7.40. The zero-order valence-corrected chi connectivity index (χ0v) is 7.92. The highest BCUT2D eigenvalue weighted by Gasteiger charge is 1.96. The van der Waals surface area contributed by atoms with Crippen LogP contribution in [0, 0.1) is 0 Å². The minimum absolute atomic E-state index is 0.983. The van der Waals surface area contributed by atoms with Gasteiger partial charge in [0.2, 0.25) is 0 Å². The molecule has 1 aromatic rings. The van der Waals surface area contributed by atoms with Crippen LogP contribution in [0.2, 0.25) is 0 Å². The van der Waals surface area contributed by atoms with Crippen molar-refractivity contribution in [3.05, 3.63) is 23.9 Å². The Bertz CT molecular complexity index is 190. The summed E-state index contributed by atoms with van der Waals surface area (Å²) in [6.45, 7) is 0. The number of aromatic nitrogens is 1. The number of pyridine rings is 1. The molecular formula is C7H9IN2.